The summed E-state index contributed by atoms with van der Waals surface area (Å²) in [5.74, 6) is 0.286. The molecule has 1 aliphatic heterocycles. The summed E-state index contributed by atoms with van der Waals surface area (Å²) in [5.41, 5.74) is 0. The van der Waals surface area contributed by atoms with Crippen molar-refractivity contribution in [1.29, 1.82) is 0 Å². The van der Waals surface area contributed by atoms with Gasteiger partial charge in [0.1, 0.15) is 0 Å². The minimum Gasteiger partial charge on any atom is -0.339 e. The molecule has 0 aromatic carbocycles. The number of hydrogen-bond acceptors (Lipinski definition) is 4. The maximum absolute atomic E-state index is 12.5. The molecule has 5 nitrogen and oxygen atoms in total. The fourth-order valence-electron chi connectivity index (χ4n) is 2.42. The summed E-state index contributed by atoms with van der Waals surface area (Å²) in [7, 11) is 4.15. The van der Waals surface area contributed by atoms with E-state index in [1.165, 1.54) is 0 Å². The predicted octanol–water partition coefficient (Wildman–Crippen LogP) is 0.0803. The van der Waals surface area contributed by atoms with Gasteiger partial charge in [-0.25, -0.2) is 0 Å². The van der Waals surface area contributed by atoms with Gasteiger partial charge in [0.15, 0.2) is 0 Å². The first-order valence-corrected chi connectivity index (χ1v) is 7.44. The molecule has 0 saturated carbocycles. The zero-order valence-corrected chi connectivity index (χ0v) is 13.0. The molecule has 112 valence electrons. The van der Waals surface area contributed by atoms with Crippen LogP contribution in [0.3, 0.4) is 0 Å². The van der Waals surface area contributed by atoms with Crippen LogP contribution in [0.25, 0.3) is 0 Å². The third-order valence-electron chi connectivity index (χ3n) is 3.68. The van der Waals surface area contributed by atoms with Crippen molar-refractivity contribution in [3.63, 3.8) is 0 Å². The molecule has 1 aliphatic rings. The molecule has 1 amide bonds. The van der Waals surface area contributed by atoms with E-state index in [4.69, 9.17) is 0 Å². The molecular weight excluding hydrogens is 240 g/mol. The van der Waals surface area contributed by atoms with E-state index in [0.29, 0.717) is 0 Å². The van der Waals surface area contributed by atoms with Gasteiger partial charge in [0.2, 0.25) is 5.91 Å². The lowest BCUT2D eigenvalue weighted by Gasteiger charge is -2.35. The van der Waals surface area contributed by atoms with Gasteiger partial charge in [-0.2, -0.15) is 0 Å². The Morgan fingerprint density at radius 1 is 1.21 bits per heavy atom. The number of carbonyl (C=O) groups is 1. The number of nitrogens with zero attached hydrogens (tertiary/aromatic N) is 3. The molecule has 1 heterocycles. The second kappa shape index (κ2) is 8.51. The van der Waals surface area contributed by atoms with Gasteiger partial charge < -0.3 is 15.1 Å². The van der Waals surface area contributed by atoms with Crippen LogP contribution in [0.1, 0.15) is 20.3 Å². The summed E-state index contributed by atoms with van der Waals surface area (Å²) in [6.45, 7) is 10.7. The number of carbonyl (C=O) groups excluding carboxylic acids is 1. The second-order valence-electron chi connectivity index (χ2n) is 5.59. The number of nitrogens with one attached hydrogen (secondary N) is 1. The zero-order valence-electron chi connectivity index (χ0n) is 13.0. The van der Waals surface area contributed by atoms with E-state index in [1.54, 1.807) is 0 Å². The molecule has 0 spiro atoms. The predicted molar refractivity (Wildman–Crippen MR) is 79.3 cm³/mol. The molecular formula is C14H30N4O. The van der Waals surface area contributed by atoms with Gasteiger partial charge in [-0.05, 0) is 34.0 Å². The fraction of sp³-hybridized carbons (Fsp3) is 0.929. The number of piperazine rings is 1. The smallest absolute Gasteiger partial charge is 0.239 e. The van der Waals surface area contributed by atoms with E-state index in [9.17, 15) is 4.79 Å². The molecule has 1 saturated heterocycles. The minimum atomic E-state index is -0.00185. The normalized spacial score (nSPS) is 18.1. The van der Waals surface area contributed by atoms with Crippen molar-refractivity contribution in [2.75, 3.05) is 59.9 Å². The summed E-state index contributed by atoms with van der Waals surface area (Å²) >= 11 is 0. The molecule has 0 aliphatic carbocycles. The largest absolute Gasteiger partial charge is 0.339 e. The van der Waals surface area contributed by atoms with Gasteiger partial charge in [0.05, 0.1) is 6.04 Å². The van der Waals surface area contributed by atoms with Crippen LogP contribution >= 0.6 is 0 Å². The quantitative estimate of drug-likeness (QED) is 0.711. The topological polar surface area (TPSA) is 38.8 Å². The monoisotopic (exact) mass is 270 g/mol. The summed E-state index contributed by atoms with van der Waals surface area (Å²) < 4.78 is 0. The van der Waals surface area contributed by atoms with Crippen LogP contribution in [0.4, 0.5) is 0 Å². The van der Waals surface area contributed by atoms with E-state index in [2.05, 4.69) is 43.1 Å². The highest BCUT2D eigenvalue weighted by molar-refractivity contribution is 5.81. The second-order valence-corrected chi connectivity index (χ2v) is 5.59. The summed E-state index contributed by atoms with van der Waals surface area (Å²) in [5, 5.41) is 3.29. The first kappa shape index (κ1) is 16.4. The van der Waals surface area contributed by atoms with Crippen LogP contribution in [-0.2, 0) is 4.79 Å². The maximum atomic E-state index is 12.5. The molecule has 19 heavy (non-hydrogen) atoms. The number of hydrogen-bond donors (Lipinski definition) is 1. The van der Waals surface area contributed by atoms with E-state index in [-0.39, 0.29) is 11.9 Å². The average Bonchev–Trinajstić information content (AvgIpc) is 2.42. The van der Waals surface area contributed by atoms with Crippen molar-refractivity contribution in [1.82, 2.24) is 20.0 Å². The Hall–Kier alpha value is -0.650. The standard InChI is InChI=1S/C14H30N4O/c1-5-8-17(12-11-16(3)4)13(2)14(19)18-9-6-15-7-10-18/h13,15H,5-12H2,1-4H3. The highest BCUT2D eigenvalue weighted by Crippen LogP contribution is 2.06. The van der Waals surface area contributed by atoms with Gasteiger partial charge in [0, 0.05) is 39.3 Å². The van der Waals surface area contributed by atoms with Crippen molar-refractivity contribution in [2.24, 2.45) is 0 Å². The lowest BCUT2D eigenvalue weighted by atomic mass is 10.2. The van der Waals surface area contributed by atoms with Crippen molar-refractivity contribution in [2.45, 2.75) is 26.3 Å². The van der Waals surface area contributed by atoms with Crippen LogP contribution in [0.5, 0.6) is 0 Å². The molecule has 0 aromatic rings. The summed E-state index contributed by atoms with van der Waals surface area (Å²) in [6.07, 6.45) is 1.09. The third kappa shape index (κ3) is 5.47. The molecule has 1 fully saturated rings. The number of rotatable bonds is 7. The van der Waals surface area contributed by atoms with E-state index in [1.807, 2.05) is 4.90 Å². The first-order valence-electron chi connectivity index (χ1n) is 7.44. The Morgan fingerprint density at radius 2 is 1.84 bits per heavy atom. The summed E-state index contributed by atoms with van der Waals surface area (Å²) in [4.78, 5) is 19.0. The van der Waals surface area contributed by atoms with Gasteiger partial charge >= 0.3 is 0 Å². The highest BCUT2D eigenvalue weighted by atomic mass is 16.2. The number of amides is 1. The Morgan fingerprint density at radius 3 is 2.37 bits per heavy atom. The van der Waals surface area contributed by atoms with Crippen molar-refractivity contribution in [3.8, 4) is 0 Å². The molecule has 0 aromatic heterocycles. The van der Waals surface area contributed by atoms with Gasteiger partial charge in [-0.15, -0.1) is 0 Å². The molecule has 0 radical (unpaired) electrons. The van der Waals surface area contributed by atoms with Gasteiger partial charge in [-0.1, -0.05) is 6.92 Å². The van der Waals surface area contributed by atoms with E-state index in [0.717, 1.165) is 52.2 Å². The maximum Gasteiger partial charge on any atom is 0.239 e. The molecule has 1 atom stereocenters. The fourth-order valence-corrected chi connectivity index (χ4v) is 2.42. The van der Waals surface area contributed by atoms with Crippen molar-refractivity contribution >= 4 is 5.91 Å². The van der Waals surface area contributed by atoms with Crippen LogP contribution in [0.15, 0.2) is 0 Å². The van der Waals surface area contributed by atoms with Crippen LogP contribution in [0, 0.1) is 0 Å². The van der Waals surface area contributed by atoms with E-state index >= 15 is 0 Å². The SMILES string of the molecule is CCCN(CCN(C)C)C(C)C(=O)N1CCNCC1. The van der Waals surface area contributed by atoms with E-state index < -0.39 is 0 Å². The van der Waals surface area contributed by atoms with Crippen LogP contribution in [-0.4, -0.2) is 86.6 Å². The Bertz CT molecular complexity index is 264. The van der Waals surface area contributed by atoms with Crippen molar-refractivity contribution in [3.05, 3.63) is 0 Å². The minimum absolute atomic E-state index is 0.00185. The Labute approximate surface area is 117 Å². The molecule has 0 bridgehead atoms. The lowest BCUT2D eigenvalue weighted by Crippen LogP contribution is -2.54. The third-order valence-corrected chi connectivity index (χ3v) is 3.68. The first-order chi connectivity index (χ1) is 9.06. The molecule has 1 unspecified atom stereocenters. The number of likely N-dealkylation sites (N-methyl/N-ethyl adjacent to an activating group) is 1. The lowest BCUT2D eigenvalue weighted by molar-refractivity contribution is -0.137. The molecule has 5 heteroatoms. The highest BCUT2D eigenvalue weighted by Gasteiger charge is 2.26. The molecule has 1 N–H and O–H groups in total. The Kier molecular flexibility index (Phi) is 7.34. The molecule has 1 rings (SSSR count). The van der Waals surface area contributed by atoms with Crippen LogP contribution < -0.4 is 5.32 Å². The van der Waals surface area contributed by atoms with Gasteiger partial charge in [0.25, 0.3) is 0 Å². The summed E-state index contributed by atoms with van der Waals surface area (Å²) in [6, 6.07) is -0.00185. The average molecular weight is 270 g/mol. The Balaban J connectivity index is 2.52. The zero-order chi connectivity index (χ0) is 14.3. The van der Waals surface area contributed by atoms with Crippen molar-refractivity contribution < 1.29 is 4.79 Å². The van der Waals surface area contributed by atoms with Gasteiger partial charge in [-0.3, -0.25) is 9.69 Å². The van der Waals surface area contributed by atoms with Crippen LogP contribution in [0.2, 0.25) is 0 Å².